The van der Waals surface area contributed by atoms with Crippen molar-refractivity contribution >= 4 is 50.7 Å². The molecule has 0 bridgehead atoms. The Bertz CT molecular complexity index is 1380. The van der Waals surface area contributed by atoms with Crippen LogP contribution in [-0.2, 0) is 4.79 Å². The van der Waals surface area contributed by atoms with Crippen molar-refractivity contribution in [2.24, 2.45) is 0 Å². The molecular weight excluding hydrogens is 454 g/mol. The molecule has 0 radical (unpaired) electrons. The molecule has 1 unspecified atom stereocenters. The molecule has 0 spiro atoms. The number of Topliss-reactive ketones (excluding diaryl/α,β-unsaturated/α-hetero) is 1. The van der Waals surface area contributed by atoms with Crippen molar-refractivity contribution in [1.82, 2.24) is 9.97 Å². The number of H-pyrrole nitrogens is 1. The normalized spacial score (nSPS) is 12.0. The molecule has 0 saturated heterocycles. The van der Waals surface area contributed by atoms with Crippen molar-refractivity contribution in [3.8, 4) is 11.1 Å². The van der Waals surface area contributed by atoms with Gasteiger partial charge in [0.2, 0.25) is 5.91 Å². The van der Waals surface area contributed by atoms with Gasteiger partial charge in [-0.1, -0.05) is 49.0 Å². The van der Waals surface area contributed by atoms with Gasteiger partial charge >= 0.3 is 0 Å². The molecular formula is C25H23N3O3S2. The molecule has 33 heavy (non-hydrogen) atoms. The number of rotatable bonds is 7. The lowest BCUT2D eigenvalue weighted by Gasteiger charge is -2.14. The largest absolute Gasteiger partial charge is 0.325 e. The Labute approximate surface area is 199 Å². The summed E-state index contributed by atoms with van der Waals surface area (Å²) in [6.45, 7) is 5.40. The predicted octanol–water partition coefficient (Wildman–Crippen LogP) is 5.67. The summed E-state index contributed by atoms with van der Waals surface area (Å²) in [5.74, 6) is -0.215. The second kappa shape index (κ2) is 9.72. The molecule has 8 heteroatoms. The Hall–Kier alpha value is -3.23. The third-order valence-electron chi connectivity index (χ3n) is 5.25. The zero-order chi connectivity index (χ0) is 23.5. The molecule has 0 aliphatic rings. The van der Waals surface area contributed by atoms with E-state index in [2.05, 4.69) is 15.3 Å². The standard InChI is InChI=1S/C25H23N3O3S2/c1-4-19(22(30)26-18-12-10-16(11-13-18)14(2)29)33-25-27-23(31)21-20(15(3)32-24(21)28-25)17-8-6-5-7-9-17/h5-13,19H,4H2,1-3H3,(H,26,30)(H,27,28,31). The number of thioether (sulfide) groups is 1. The molecule has 6 nitrogen and oxygen atoms in total. The Balaban J connectivity index is 1.57. The lowest BCUT2D eigenvalue weighted by molar-refractivity contribution is -0.115. The lowest BCUT2D eigenvalue weighted by Crippen LogP contribution is -2.25. The number of nitrogens with zero attached hydrogens (tertiary/aromatic N) is 1. The fraction of sp³-hybridized carbons (Fsp3) is 0.200. The Morgan fingerprint density at radius 3 is 2.45 bits per heavy atom. The number of carbonyl (C=O) groups is 2. The summed E-state index contributed by atoms with van der Waals surface area (Å²) in [5, 5.41) is 3.44. The van der Waals surface area contributed by atoms with Crippen LogP contribution in [0.25, 0.3) is 21.3 Å². The van der Waals surface area contributed by atoms with Crippen LogP contribution in [0.1, 0.15) is 35.5 Å². The predicted molar refractivity (Wildman–Crippen MR) is 135 cm³/mol. The number of aromatic nitrogens is 2. The van der Waals surface area contributed by atoms with E-state index in [0.29, 0.717) is 33.0 Å². The molecule has 168 valence electrons. The first-order valence-corrected chi connectivity index (χ1v) is 12.2. The maximum Gasteiger partial charge on any atom is 0.260 e. The van der Waals surface area contributed by atoms with Gasteiger partial charge in [-0.05, 0) is 50.1 Å². The fourth-order valence-electron chi connectivity index (χ4n) is 3.58. The van der Waals surface area contributed by atoms with Gasteiger partial charge in [-0.2, -0.15) is 0 Å². The number of aryl methyl sites for hydroxylation is 1. The van der Waals surface area contributed by atoms with Crippen LogP contribution in [0.15, 0.2) is 64.5 Å². The first-order chi connectivity index (χ1) is 15.9. The van der Waals surface area contributed by atoms with Crippen molar-refractivity contribution in [3.63, 3.8) is 0 Å². The number of benzene rings is 2. The van der Waals surface area contributed by atoms with E-state index >= 15 is 0 Å². The fourth-order valence-corrected chi connectivity index (χ4v) is 5.58. The lowest BCUT2D eigenvalue weighted by atomic mass is 10.0. The summed E-state index contributed by atoms with van der Waals surface area (Å²) in [4.78, 5) is 46.5. The van der Waals surface area contributed by atoms with Crippen LogP contribution < -0.4 is 10.9 Å². The first-order valence-electron chi connectivity index (χ1n) is 10.5. The molecule has 2 heterocycles. The first kappa shape index (κ1) is 22.9. The molecule has 2 aromatic carbocycles. The number of ketones is 1. The number of carbonyl (C=O) groups excluding carboxylic acids is 2. The van der Waals surface area contributed by atoms with Gasteiger partial charge in [-0.3, -0.25) is 14.4 Å². The average molecular weight is 478 g/mol. The molecule has 0 fully saturated rings. The topological polar surface area (TPSA) is 91.9 Å². The van der Waals surface area contributed by atoms with E-state index in [4.69, 9.17) is 0 Å². The van der Waals surface area contributed by atoms with Gasteiger partial charge < -0.3 is 10.3 Å². The molecule has 2 aromatic heterocycles. The van der Waals surface area contributed by atoms with Crippen LogP contribution in [0.3, 0.4) is 0 Å². The highest BCUT2D eigenvalue weighted by atomic mass is 32.2. The van der Waals surface area contributed by atoms with Gasteiger partial charge in [0.25, 0.3) is 5.56 Å². The van der Waals surface area contributed by atoms with Crippen molar-refractivity contribution in [1.29, 1.82) is 0 Å². The van der Waals surface area contributed by atoms with Crippen molar-refractivity contribution in [2.45, 2.75) is 37.6 Å². The molecule has 0 saturated carbocycles. The highest BCUT2D eigenvalue weighted by Gasteiger charge is 2.22. The summed E-state index contributed by atoms with van der Waals surface area (Å²) >= 11 is 2.72. The molecule has 4 rings (SSSR count). The summed E-state index contributed by atoms with van der Waals surface area (Å²) in [6, 6.07) is 16.6. The van der Waals surface area contributed by atoms with Gasteiger partial charge in [-0.25, -0.2) is 4.98 Å². The average Bonchev–Trinajstić information content (AvgIpc) is 3.14. The van der Waals surface area contributed by atoms with Gasteiger partial charge in [0.15, 0.2) is 10.9 Å². The molecule has 1 amide bonds. The van der Waals surface area contributed by atoms with E-state index in [1.807, 2.05) is 44.2 Å². The third-order valence-corrected chi connectivity index (χ3v) is 7.50. The summed E-state index contributed by atoms with van der Waals surface area (Å²) < 4.78 is 0. The summed E-state index contributed by atoms with van der Waals surface area (Å²) in [5.41, 5.74) is 2.88. The van der Waals surface area contributed by atoms with E-state index in [0.717, 1.165) is 16.0 Å². The number of thiophene rings is 1. The minimum absolute atomic E-state index is 0.0282. The maximum atomic E-state index is 13.0. The van der Waals surface area contributed by atoms with Gasteiger partial charge in [0, 0.05) is 21.7 Å². The van der Waals surface area contributed by atoms with E-state index in [1.54, 1.807) is 24.3 Å². The van der Waals surface area contributed by atoms with E-state index in [1.165, 1.54) is 30.0 Å². The number of fused-ring (bicyclic) bond motifs is 1. The number of hydrogen-bond donors (Lipinski definition) is 2. The molecule has 1 atom stereocenters. The van der Waals surface area contributed by atoms with Crippen LogP contribution >= 0.6 is 23.1 Å². The van der Waals surface area contributed by atoms with Crippen LogP contribution in [-0.4, -0.2) is 26.9 Å². The number of amides is 1. The van der Waals surface area contributed by atoms with Crippen molar-refractivity contribution in [3.05, 3.63) is 75.4 Å². The van der Waals surface area contributed by atoms with Gasteiger partial charge in [0.05, 0.1) is 10.6 Å². The summed E-state index contributed by atoms with van der Waals surface area (Å²) in [6.07, 6.45) is 0.558. The highest BCUT2D eigenvalue weighted by Crippen LogP contribution is 2.36. The molecule has 0 aliphatic carbocycles. The Morgan fingerprint density at radius 2 is 1.82 bits per heavy atom. The smallest absolute Gasteiger partial charge is 0.260 e. The van der Waals surface area contributed by atoms with Crippen molar-refractivity contribution in [2.75, 3.05) is 5.32 Å². The minimum atomic E-state index is -0.437. The number of anilines is 1. The second-order valence-electron chi connectivity index (χ2n) is 7.59. The number of hydrogen-bond acceptors (Lipinski definition) is 6. The molecule has 0 aliphatic heterocycles. The van der Waals surface area contributed by atoms with Crippen LogP contribution in [0.4, 0.5) is 5.69 Å². The quantitative estimate of drug-likeness (QED) is 0.203. The van der Waals surface area contributed by atoms with Crippen LogP contribution in [0, 0.1) is 6.92 Å². The molecule has 4 aromatic rings. The zero-order valence-electron chi connectivity index (χ0n) is 18.5. The summed E-state index contributed by atoms with van der Waals surface area (Å²) in [7, 11) is 0. The van der Waals surface area contributed by atoms with E-state index in [9.17, 15) is 14.4 Å². The van der Waals surface area contributed by atoms with Gasteiger partial charge in [-0.15, -0.1) is 11.3 Å². The van der Waals surface area contributed by atoms with Crippen LogP contribution in [0.5, 0.6) is 0 Å². The Morgan fingerprint density at radius 1 is 1.12 bits per heavy atom. The monoisotopic (exact) mass is 477 g/mol. The molecule has 2 N–H and O–H groups in total. The Kier molecular flexibility index (Phi) is 6.76. The zero-order valence-corrected chi connectivity index (χ0v) is 20.1. The number of nitrogens with one attached hydrogen (secondary N) is 2. The maximum absolute atomic E-state index is 13.0. The number of aromatic amines is 1. The van der Waals surface area contributed by atoms with E-state index in [-0.39, 0.29) is 17.2 Å². The van der Waals surface area contributed by atoms with Crippen molar-refractivity contribution < 1.29 is 9.59 Å². The van der Waals surface area contributed by atoms with Gasteiger partial charge in [0.1, 0.15) is 4.83 Å². The highest BCUT2D eigenvalue weighted by molar-refractivity contribution is 8.00. The minimum Gasteiger partial charge on any atom is -0.325 e. The van der Waals surface area contributed by atoms with Crippen LogP contribution in [0.2, 0.25) is 0 Å². The van der Waals surface area contributed by atoms with E-state index < -0.39 is 5.25 Å². The second-order valence-corrected chi connectivity index (χ2v) is 9.98. The third kappa shape index (κ3) is 4.91. The SMILES string of the molecule is CCC(Sc1nc2sc(C)c(-c3ccccc3)c2c(=O)[nH]1)C(=O)Nc1ccc(C(C)=O)cc1.